The lowest BCUT2D eigenvalue weighted by molar-refractivity contribution is -0.137. The summed E-state index contributed by atoms with van der Waals surface area (Å²) in [5, 5.41) is 11.1. The van der Waals surface area contributed by atoms with Gasteiger partial charge in [0, 0.05) is 18.9 Å². The summed E-state index contributed by atoms with van der Waals surface area (Å²) in [7, 11) is 0. The van der Waals surface area contributed by atoms with Gasteiger partial charge in [-0.15, -0.1) is 0 Å². The van der Waals surface area contributed by atoms with Crippen molar-refractivity contribution >= 4 is 11.9 Å². The maximum absolute atomic E-state index is 12.0. The first-order valence-corrected chi connectivity index (χ1v) is 7.10. The fraction of sp³-hybridized carbons (Fsp3) is 0.571. The molecule has 7 heteroatoms. The Morgan fingerprint density at radius 2 is 2.10 bits per heavy atom. The summed E-state index contributed by atoms with van der Waals surface area (Å²) < 4.78 is 0. The number of hydrogen-bond donors (Lipinski definition) is 3. The predicted octanol–water partition coefficient (Wildman–Crippen LogP) is 0.940. The molecule has 1 saturated carbocycles. The standard InChI is InChI=1S/C14H19N3O4/c1-8-11(13(20)15-7-3-2-4-10(18)19)14(21)17-12(16-8)9-5-6-9/h9H,2-7H2,1H3,(H,15,20)(H,18,19)(H,16,17,21). The van der Waals surface area contributed by atoms with E-state index in [0.717, 1.165) is 12.8 Å². The zero-order chi connectivity index (χ0) is 15.4. The van der Waals surface area contributed by atoms with Gasteiger partial charge in [0.2, 0.25) is 0 Å². The lowest BCUT2D eigenvalue weighted by Crippen LogP contribution is -2.32. The number of carboxylic acid groups (broad SMARTS) is 1. The number of nitrogens with zero attached hydrogens (tertiary/aromatic N) is 1. The molecule has 3 N–H and O–H groups in total. The average Bonchev–Trinajstić information content (AvgIpc) is 3.21. The fourth-order valence-corrected chi connectivity index (χ4v) is 2.12. The smallest absolute Gasteiger partial charge is 0.303 e. The number of aromatic amines is 1. The van der Waals surface area contributed by atoms with E-state index >= 15 is 0 Å². The molecule has 1 aliphatic carbocycles. The third kappa shape index (κ3) is 4.14. The van der Waals surface area contributed by atoms with Crippen LogP contribution in [0, 0.1) is 6.92 Å². The number of unbranched alkanes of at least 4 members (excludes halogenated alkanes) is 1. The van der Waals surface area contributed by atoms with Crippen LogP contribution in [-0.2, 0) is 4.79 Å². The van der Waals surface area contributed by atoms with E-state index in [2.05, 4.69) is 15.3 Å². The highest BCUT2D eigenvalue weighted by molar-refractivity contribution is 5.94. The van der Waals surface area contributed by atoms with Gasteiger partial charge in [0.25, 0.3) is 11.5 Å². The molecule has 0 bridgehead atoms. The second-order valence-corrected chi connectivity index (χ2v) is 5.29. The van der Waals surface area contributed by atoms with Gasteiger partial charge in [0.1, 0.15) is 11.4 Å². The monoisotopic (exact) mass is 293 g/mol. The summed E-state index contributed by atoms with van der Waals surface area (Å²) >= 11 is 0. The van der Waals surface area contributed by atoms with Crippen LogP contribution in [0.5, 0.6) is 0 Å². The van der Waals surface area contributed by atoms with Gasteiger partial charge in [0.05, 0.1) is 5.69 Å². The van der Waals surface area contributed by atoms with E-state index in [0.29, 0.717) is 36.8 Å². The molecule has 0 spiro atoms. The van der Waals surface area contributed by atoms with Gasteiger partial charge in [-0.25, -0.2) is 4.98 Å². The zero-order valence-corrected chi connectivity index (χ0v) is 11.9. The van der Waals surface area contributed by atoms with Crippen molar-refractivity contribution in [2.75, 3.05) is 6.54 Å². The van der Waals surface area contributed by atoms with Crippen LogP contribution in [0.2, 0.25) is 0 Å². The topological polar surface area (TPSA) is 112 Å². The number of aromatic nitrogens is 2. The maximum atomic E-state index is 12.0. The molecule has 1 fully saturated rings. The molecule has 0 aromatic carbocycles. The van der Waals surface area contributed by atoms with Crippen molar-refractivity contribution in [3.8, 4) is 0 Å². The number of carbonyl (C=O) groups excluding carboxylic acids is 1. The molecule has 2 rings (SSSR count). The molecule has 1 aromatic rings. The van der Waals surface area contributed by atoms with E-state index in [4.69, 9.17) is 5.11 Å². The van der Waals surface area contributed by atoms with Gasteiger partial charge in [-0.05, 0) is 32.6 Å². The summed E-state index contributed by atoms with van der Waals surface area (Å²) in [6, 6.07) is 0. The lowest BCUT2D eigenvalue weighted by atomic mass is 10.2. The SMILES string of the molecule is Cc1nc(C2CC2)[nH]c(=O)c1C(=O)NCCCCC(=O)O. The minimum absolute atomic E-state index is 0.0395. The Bertz CT molecular complexity index is 605. The van der Waals surface area contributed by atoms with E-state index in [1.807, 2.05) is 0 Å². The zero-order valence-electron chi connectivity index (χ0n) is 11.9. The van der Waals surface area contributed by atoms with Gasteiger partial charge in [0.15, 0.2) is 0 Å². The van der Waals surface area contributed by atoms with Gasteiger partial charge >= 0.3 is 5.97 Å². The summed E-state index contributed by atoms with van der Waals surface area (Å²) in [6.07, 6.45) is 3.18. The van der Waals surface area contributed by atoms with Crippen molar-refractivity contribution in [2.24, 2.45) is 0 Å². The summed E-state index contributed by atoms with van der Waals surface area (Å²) in [6.45, 7) is 2.00. The number of H-pyrrole nitrogens is 1. The van der Waals surface area contributed by atoms with Crippen LogP contribution in [0.3, 0.4) is 0 Å². The molecule has 1 heterocycles. The molecule has 21 heavy (non-hydrogen) atoms. The molecule has 1 amide bonds. The molecule has 1 aliphatic rings. The molecule has 0 radical (unpaired) electrons. The predicted molar refractivity (Wildman–Crippen MR) is 75.4 cm³/mol. The quantitative estimate of drug-likeness (QED) is 0.648. The number of hydrogen-bond acceptors (Lipinski definition) is 4. The Morgan fingerprint density at radius 1 is 1.38 bits per heavy atom. The summed E-state index contributed by atoms with van der Waals surface area (Å²) in [5.41, 5.74) is 0.0637. The number of rotatable bonds is 7. The molecule has 7 nitrogen and oxygen atoms in total. The first-order valence-electron chi connectivity index (χ1n) is 7.10. The fourth-order valence-electron chi connectivity index (χ4n) is 2.12. The largest absolute Gasteiger partial charge is 0.481 e. The number of aliphatic carboxylic acids is 1. The Labute approximate surface area is 121 Å². The Hall–Kier alpha value is -2.18. The minimum Gasteiger partial charge on any atom is -0.481 e. The third-order valence-corrected chi connectivity index (χ3v) is 3.41. The molecule has 0 aliphatic heterocycles. The summed E-state index contributed by atoms with van der Waals surface area (Å²) in [4.78, 5) is 41.3. The first kappa shape index (κ1) is 15.2. The van der Waals surface area contributed by atoms with Crippen LogP contribution < -0.4 is 10.9 Å². The second-order valence-electron chi connectivity index (χ2n) is 5.29. The normalized spacial score (nSPS) is 14.0. The highest BCUT2D eigenvalue weighted by atomic mass is 16.4. The second kappa shape index (κ2) is 6.51. The van der Waals surface area contributed by atoms with Crippen LogP contribution in [0.15, 0.2) is 4.79 Å². The minimum atomic E-state index is -0.853. The van der Waals surface area contributed by atoms with Crippen molar-refractivity contribution in [3.05, 3.63) is 27.4 Å². The average molecular weight is 293 g/mol. The van der Waals surface area contributed by atoms with Crippen molar-refractivity contribution in [2.45, 2.75) is 44.9 Å². The van der Waals surface area contributed by atoms with Crippen molar-refractivity contribution in [3.63, 3.8) is 0 Å². The Kier molecular flexibility index (Phi) is 4.72. The highest BCUT2D eigenvalue weighted by Gasteiger charge is 2.27. The lowest BCUT2D eigenvalue weighted by Gasteiger charge is -2.07. The third-order valence-electron chi connectivity index (χ3n) is 3.41. The van der Waals surface area contributed by atoms with Crippen molar-refractivity contribution < 1.29 is 14.7 Å². The van der Waals surface area contributed by atoms with E-state index in [9.17, 15) is 14.4 Å². The van der Waals surface area contributed by atoms with Gasteiger partial charge < -0.3 is 15.4 Å². The van der Waals surface area contributed by atoms with Gasteiger partial charge in [-0.2, -0.15) is 0 Å². The molecular weight excluding hydrogens is 274 g/mol. The first-order chi connectivity index (χ1) is 9.99. The number of amides is 1. The van der Waals surface area contributed by atoms with Gasteiger partial charge in [-0.1, -0.05) is 0 Å². The summed E-state index contributed by atoms with van der Waals surface area (Å²) in [5.74, 6) is -0.326. The number of carboxylic acids is 1. The van der Waals surface area contributed by atoms with E-state index in [1.54, 1.807) is 6.92 Å². The van der Waals surface area contributed by atoms with Crippen molar-refractivity contribution in [1.82, 2.24) is 15.3 Å². The number of aryl methyl sites for hydroxylation is 1. The Balaban J connectivity index is 1.93. The number of nitrogens with one attached hydrogen (secondary N) is 2. The molecule has 114 valence electrons. The van der Waals surface area contributed by atoms with Crippen LogP contribution in [-0.4, -0.2) is 33.5 Å². The van der Waals surface area contributed by atoms with Gasteiger partial charge in [-0.3, -0.25) is 14.4 Å². The molecule has 1 aromatic heterocycles. The molecule has 0 unspecified atom stereocenters. The van der Waals surface area contributed by atoms with E-state index < -0.39 is 17.4 Å². The molecule has 0 saturated heterocycles. The van der Waals surface area contributed by atoms with Crippen LogP contribution in [0.25, 0.3) is 0 Å². The van der Waals surface area contributed by atoms with E-state index in [-0.39, 0.29) is 12.0 Å². The molecule has 0 atom stereocenters. The molecular formula is C14H19N3O4. The Morgan fingerprint density at radius 3 is 2.67 bits per heavy atom. The highest BCUT2D eigenvalue weighted by Crippen LogP contribution is 2.37. The van der Waals surface area contributed by atoms with Crippen LogP contribution in [0.1, 0.15) is 59.9 Å². The van der Waals surface area contributed by atoms with Crippen molar-refractivity contribution in [1.29, 1.82) is 0 Å². The number of carbonyl (C=O) groups is 2. The van der Waals surface area contributed by atoms with Crippen LogP contribution >= 0.6 is 0 Å². The maximum Gasteiger partial charge on any atom is 0.303 e. The van der Waals surface area contributed by atoms with Crippen LogP contribution in [0.4, 0.5) is 0 Å². The van der Waals surface area contributed by atoms with E-state index in [1.165, 1.54) is 0 Å².